The normalized spacial score (nSPS) is 17.5. The molecule has 3 aromatic carbocycles. The van der Waals surface area contributed by atoms with Crippen LogP contribution in [0.2, 0.25) is 0 Å². The summed E-state index contributed by atoms with van der Waals surface area (Å²) in [6, 6.07) is 25.2. The van der Waals surface area contributed by atoms with E-state index >= 15 is 0 Å². The fourth-order valence-corrected chi connectivity index (χ4v) is 3.93. The number of hydrogen-bond acceptors (Lipinski definition) is 1. The molecular formula is C24H22O. The van der Waals surface area contributed by atoms with Gasteiger partial charge >= 0.3 is 0 Å². The molecule has 4 rings (SSSR count). The summed E-state index contributed by atoms with van der Waals surface area (Å²) in [7, 11) is 0. The Hall–Kier alpha value is -2.67. The highest BCUT2D eigenvalue weighted by Crippen LogP contribution is 2.42. The number of carbonyl (C=O) groups excluding carboxylic acids is 1. The van der Waals surface area contributed by atoms with Gasteiger partial charge in [0.25, 0.3) is 0 Å². The Morgan fingerprint density at radius 1 is 0.880 bits per heavy atom. The minimum atomic E-state index is -0.0239. The average molecular weight is 326 g/mol. The smallest absolute Gasteiger partial charge is 0.166 e. The van der Waals surface area contributed by atoms with E-state index in [9.17, 15) is 4.79 Å². The van der Waals surface area contributed by atoms with Crippen LogP contribution < -0.4 is 0 Å². The highest BCUT2D eigenvalue weighted by Gasteiger charge is 2.33. The molecule has 0 saturated heterocycles. The fourth-order valence-electron chi connectivity index (χ4n) is 3.93. The van der Waals surface area contributed by atoms with Crippen LogP contribution in [0, 0.1) is 0 Å². The molecule has 1 atom stereocenters. The van der Waals surface area contributed by atoms with E-state index in [0.29, 0.717) is 5.78 Å². The van der Waals surface area contributed by atoms with E-state index in [1.807, 2.05) is 18.2 Å². The number of Topliss-reactive ketones (excluding diaryl/α,β-unsaturated/α-hetero) is 1. The highest BCUT2D eigenvalue weighted by atomic mass is 16.1. The fraction of sp³-hybridized carbons (Fsp3) is 0.208. The van der Waals surface area contributed by atoms with Crippen molar-refractivity contribution in [2.75, 3.05) is 0 Å². The van der Waals surface area contributed by atoms with E-state index in [4.69, 9.17) is 0 Å². The Bertz CT molecular complexity index is 950. The van der Waals surface area contributed by atoms with Gasteiger partial charge in [-0.3, -0.25) is 4.79 Å². The van der Waals surface area contributed by atoms with E-state index in [0.717, 1.165) is 30.4 Å². The molecule has 0 saturated carbocycles. The topological polar surface area (TPSA) is 17.1 Å². The van der Waals surface area contributed by atoms with E-state index in [-0.39, 0.29) is 5.92 Å². The Kier molecular flexibility index (Phi) is 4.23. The van der Waals surface area contributed by atoms with Gasteiger partial charge in [-0.15, -0.1) is 0 Å². The van der Waals surface area contributed by atoms with Gasteiger partial charge in [-0.1, -0.05) is 80.1 Å². The number of hydrogen-bond donors (Lipinski definition) is 0. The molecule has 1 unspecified atom stereocenters. The average Bonchev–Trinajstić information content (AvgIpc) is 2.99. The summed E-state index contributed by atoms with van der Waals surface area (Å²) in [6.07, 6.45) is 2.68. The van der Waals surface area contributed by atoms with Crippen molar-refractivity contribution >= 4 is 22.1 Å². The SMILES string of the molecule is CCCC1=C(c2ccc3ccccc3c2)CC(c2ccccc2)C1=O. The van der Waals surface area contributed by atoms with Crippen LogP contribution in [0.1, 0.15) is 43.2 Å². The van der Waals surface area contributed by atoms with Crippen molar-refractivity contribution < 1.29 is 4.79 Å². The molecule has 1 aliphatic carbocycles. The second kappa shape index (κ2) is 6.68. The first kappa shape index (κ1) is 15.8. The van der Waals surface area contributed by atoms with Crippen molar-refractivity contribution in [1.82, 2.24) is 0 Å². The van der Waals surface area contributed by atoms with E-state index in [1.54, 1.807) is 0 Å². The van der Waals surface area contributed by atoms with E-state index in [2.05, 4.69) is 61.5 Å². The maximum Gasteiger partial charge on any atom is 0.166 e. The number of carbonyl (C=O) groups is 1. The van der Waals surface area contributed by atoms with Crippen LogP contribution in [0.5, 0.6) is 0 Å². The van der Waals surface area contributed by atoms with Crippen molar-refractivity contribution in [1.29, 1.82) is 0 Å². The lowest BCUT2D eigenvalue weighted by Gasteiger charge is -2.10. The molecule has 25 heavy (non-hydrogen) atoms. The van der Waals surface area contributed by atoms with Crippen LogP contribution in [-0.4, -0.2) is 5.78 Å². The number of allylic oxidation sites excluding steroid dienone is 2. The van der Waals surface area contributed by atoms with Gasteiger partial charge in [-0.2, -0.15) is 0 Å². The summed E-state index contributed by atoms with van der Waals surface area (Å²) < 4.78 is 0. The Morgan fingerprint density at radius 2 is 1.60 bits per heavy atom. The largest absolute Gasteiger partial charge is 0.294 e. The number of benzene rings is 3. The lowest BCUT2D eigenvalue weighted by molar-refractivity contribution is -0.116. The molecular weight excluding hydrogens is 304 g/mol. The first-order valence-corrected chi connectivity index (χ1v) is 9.08. The van der Waals surface area contributed by atoms with Gasteiger partial charge in [0.1, 0.15) is 0 Å². The van der Waals surface area contributed by atoms with Crippen LogP contribution in [0.3, 0.4) is 0 Å². The second-order valence-corrected chi connectivity index (χ2v) is 6.80. The van der Waals surface area contributed by atoms with Gasteiger partial charge in [-0.25, -0.2) is 0 Å². The quantitative estimate of drug-likeness (QED) is 0.562. The van der Waals surface area contributed by atoms with Crippen LogP contribution >= 0.6 is 0 Å². The number of fused-ring (bicyclic) bond motifs is 1. The summed E-state index contributed by atoms with van der Waals surface area (Å²) in [4.78, 5) is 13.1. The van der Waals surface area contributed by atoms with Gasteiger partial charge in [0, 0.05) is 0 Å². The molecule has 0 N–H and O–H groups in total. The second-order valence-electron chi connectivity index (χ2n) is 6.80. The first-order valence-electron chi connectivity index (χ1n) is 9.08. The predicted molar refractivity (Wildman–Crippen MR) is 105 cm³/mol. The minimum absolute atomic E-state index is 0.0239. The maximum atomic E-state index is 13.1. The molecule has 1 aliphatic rings. The zero-order chi connectivity index (χ0) is 17.2. The van der Waals surface area contributed by atoms with Crippen molar-refractivity contribution in [3.8, 4) is 0 Å². The third-order valence-corrected chi connectivity index (χ3v) is 5.19. The number of rotatable bonds is 4. The molecule has 1 nitrogen and oxygen atoms in total. The minimum Gasteiger partial charge on any atom is -0.294 e. The van der Waals surface area contributed by atoms with Crippen LogP contribution in [0.25, 0.3) is 16.3 Å². The molecule has 3 aromatic rings. The lowest BCUT2D eigenvalue weighted by Crippen LogP contribution is -2.08. The number of ketones is 1. The molecule has 0 spiro atoms. The molecule has 0 fully saturated rings. The molecule has 1 heteroatoms. The molecule has 0 radical (unpaired) electrons. The lowest BCUT2D eigenvalue weighted by atomic mass is 9.93. The third kappa shape index (κ3) is 2.91. The monoisotopic (exact) mass is 326 g/mol. The zero-order valence-corrected chi connectivity index (χ0v) is 14.5. The van der Waals surface area contributed by atoms with Gasteiger partial charge in [0.05, 0.1) is 5.92 Å². The standard InChI is InChI=1S/C24H22O/c1-2-8-21-22(16-23(24(21)25)18-10-4-3-5-11-18)20-14-13-17-9-6-7-12-19(17)15-20/h3-7,9-15,23H,2,8,16H2,1H3. The molecule has 0 heterocycles. The summed E-state index contributed by atoms with van der Waals surface area (Å²) in [5, 5.41) is 2.48. The third-order valence-electron chi connectivity index (χ3n) is 5.19. The molecule has 124 valence electrons. The Balaban J connectivity index is 1.77. The van der Waals surface area contributed by atoms with Crippen molar-refractivity contribution in [2.45, 2.75) is 32.1 Å². The van der Waals surface area contributed by atoms with Gasteiger partial charge in [0.2, 0.25) is 0 Å². The van der Waals surface area contributed by atoms with Crippen molar-refractivity contribution in [3.05, 3.63) is 89.5 Å². The van der Waals surface area contributed by atoms with Crippen LogP contribution in [0.15, 0.2) is 78.4 Å². The van der Waals surface area contributed by atoms with Crippen molar-refractivity contribution in [3.63, 3.8) is 0 Å². The van der Waals surface area contributed by atoms with Crippen LogP contribution in [0.4, 0.5) is 0 Å². The van der Waals surface area contributed by atoms with E-state index < -0.39 is 0 Å². The summed E-state index contributed by atoms with van der Waals surface area (Å²) in [6.45, 7) is 2.15. The maximum absolute atomic E-state index is 13.1. The Labute approximate surface area is 149 Å². The highest BCUT2D eigenvalue weighted by molar-refractivity contribution is 6.11. The molecule has 0 amide bonds. The molecule has 0 bridgehead atoms. The van der Waals surface area contributed by atoms with E-state index in [1.165, 1.54) is 21.9 Å². The van der Waals surface area contributed by atoms with Crippen LogP contribution in [-0.2, 0) is 4.79 Å². The predicted octanol–water partition coefficient (Wildman–Crippen LogP) is 6.15. The van der Waals surface area contributed by atoms with Gasteiger partial charge in [0.15, 0.2) is 5.78 Å². The van der Waals surface area contributed by atoms with Gasteiger partial charge in [-0.05, 0) is 52.0 Å². The Morgan fingerprint density at radius 3 is 2.36 bits per heavy atom. The summed E-state index contributed by atoms with van der Waals surface area (Å²) >= 11 is 0. The summed E-state index contributed by atoms with van der Waals surface area (Å²) in [5.41, 5.74) is 4.61. The molecule has 0 aliphatic heterocycles. The zero-order valence-electron chi connectivity index (χ0n) is 14.5. The molecule has 0 aromatic heterocycles. The first-order chi connectivity index (χ1) is 12.3. The van der Waals surface area contributed by atoms with Crippen molar-refractivity contribution in [2.24, 2.45) is 0 Å². The van der Waals surface area contributed by atoms with Gasteiger partial charge < -0.3 is 0 Å². The summed E-state index contributed by atoms with van der Waals surface area (Å²) in [5.74, 6) is 0.292.